The van der Waals surface area contributed by atoms with Gasteiger partial charge in [-0.1, -0.05) is 12.1 Å². The predicted molar refractivity (Wildman–Crippen MR) is 122 cm³/mol. The maximum atomic E-state index is 13.3. The molecule has 1 aliphatic rings. The molecule has 3 aromatic rings. The Hall–Kier alpha value is -3.65. The number of carbonyl (C=O) groups is 1. The van der Waals surface area contributed by atoms with Crippen molar-refractivity contribution in [1.82, 2.24) is 9.88 Å². The Morgan fingerprint density at radius 3 is 2.52 bits per heavy atom. The molecule has 1 aliphatic heterocycles. The lowest BCUT2D eigenvalue weighted by Crippen LogP contribution is -2.43. The molecule has 33 heavy (non-hydrogen) atoms. The second kappa shape index (κ2) is 10.8. The van der Waals surface area contributed by atoms with Gasteiger partial charge in [0.1, 0.15) is 30.0 Å². The van der Waals surface area contributed by atoms with Crippen molar-refractivity contribution in [3.63, 3.8) is 0 Å². The van der Waals surface area contributed by atoms with Gasteiger partial charge < -0.3 is 24.8 Å². The van der Waals surface area contributed by atoms with E-state index in [4.69, 9.17) is 14.6 Å². The fourth-order valence-electron chi connectivity index (χ4n) is 3.57. The Kier molecular flexibility index (Phi) is 7.36. The van der Waals surface area contributed by atoms with Crippen LogP contribution in [0.5, 0.6) is 11.5 Å². The Morgan fingerprint density at radius 2 is 1.85 bits per heavy atom. The van der Waals surface area contributed by atoms with Crippen molar-refractivity contribution in [1.29, 1.82) is 0 Å². The number of nitrogens with one attached hydrogen (secondary N) is 1. The standard InChI is InChI=1S/C25H26FN3O4/c26-19-3-1-2-18(14-19)17-32-22-6-8-23(9-7-22)33-24-10-12-29(13-11-24)25(31)28-20-4-5-21(16-30)27-15-20/h1-9,14-15,24,30H,10-13,16-17H2,(H,28,31). The highest BCUT2D eigenvalue weighted by Gasteiger charge is 2.24. The van der Waals surface area contributed by atoms with E-state index in [1.165, 1.54) is 18.3 Å². The molecule has 1 saturated heterocycles. The van der Waals surface area contributed by atoms with Crippen LogP contribution < -0.4 is 14.8 Å². The number of hydrogen-bond acceptors (Lipinski definition) is 5. The first-order valence-corrected chi connectivity index (χ1v) is 10.8. The number of rotatable bonds is 7. The van der Waals surface area contributed by atoms with Gasteiger partial charge in [-0.15, -0.1) is 0 Å². The van der Waals surface area contributed by atoms with Crippen LogP contribution in [0.15, 0.2) is 66.9 Å². The summed E-state index contributed by atoms with van der Waals surface area (Å²) in [6.07, 6.45) is 3.02. The van der Waals surface area contributed by atoms with Gasteiger partial charge in [0.25, 0.3) is 0 Å². The molecule has 1 aromatic heterocycles. The molecule has 0 aliphatic carbocycles. The zero-order chi connectivity index (χ0) is 23.0. The Bertz CT molecular complexity index is 1050. The van der Waals surface area contributed by atoms with E-state index >= 15 is 0 Å². The van der Waals surface area contributed by atoms with Gasteiger partial charge in [-0.3, -0.25) is 4.98 Å². The first-order chi connectivity index (χ1) is 16.1. The summed E-state index contributed by atoms with van der Waals surface area (Å²) >= 11 is 0. The number of amides is 2. The fraction of sp³-hybridized carbons (Fsp3) is 0.280. The summed E-state index contributed by atoms with van der Waals surface area (Å²) in [5.74, 6) is 1.14. The van der Waals surface area contributed by atoms with Crippen molar-refractivity contribution >= 4 is 11.7 Å². The molecule has 0 spiro atoms. The van der Waals surface area contributed by atoms with Crippen LogP contribution in [-0.4, -0.2) is 40.2 Å². The summed E-state index contributed by atoms with van der Waals surface area (Å²) in [6, 6.07) is 16.9. The van der Waals surface area contributed by atoms with E-state index in [1.807, 2.05) is 30.3 Å². The van der Waals surface area contributed by atoms with Crippen LogP contribution in [0.3, 0.4) is 0 Å². The molecule has 2 heterocycles. The van der Waals surface area contributed by atoms with E-state index in [1.54, 1.807) is 23.1 Å². The third-order valence-corrected chi connectivity index (χ3v) is 5.39. The fourth-order valence-corrected chi connectivity index (χ4v) is 3.57. The average molecular weight is 451 g/mol. The quantitative estimate of drug-likeness (QED) is 0.557. The first-order valence-electron chi connectivity index (χ1n) is 10.8. The molecule has 4 rings (SSSR count). The van der Waals surface area contributed by atoms with Gasteiger partial charge in [-0.05, 0) is 54.1 Å². The minimum Gasteiger partial charge on any atom is -0.490 e. The zero-order valence-electron chi connectivity index (χ0n) is 18.1. The van der Waals surface area contributed by atoms with Crippen LogP contribution in [-0.2, 0) is 13.2 Å². The average Bonchev–Trinajstić information content (AvgIpc) is 2.84. The largest absolute Gasteiger partial charge is 0.490 e. The molecule has 0 radical (unpaired) electrons. The molecule has 0 saturated carbocycles. The summed E-state index contributed by atoms with van der Waals surface area (Å²) in [5, 5.41) is 11.9. The molecule has 7 nitrogen and oxygen atoms in total. The number of likely N-dealkylation sites (tertiary alicyclic amines) is 1. The van der Waals surface area contributed by atoms with Gasteiger partial charge in [0, 0.05) is 25.9 Å². The highest BCUT2D eigenvalue weighted by molar-refractivity contribution is 5.89. The number of aliphatic hydroxyl groups is 1. The van der Waals surface area contributed by atoms with E-state index in [-0.39, 0.29) is 24.6 Å². The van der Waals surface area contributed by atoms with Gasteiger partial charge in [0.2, 0.25) is 0 Å². The number of halogens is 1. The molecule has 0 bridgehead atoms. The van der Waals surface area contributed by atoms with Crippen LogP contribution in [0.25, 0.3) is 0 Å². The first kappa shape index (κ1) is 22.5. The third kappa shape index (κ3) is 6.43. The summed E-state index contributed by atoms with van der Waals surface area (Å²) in [4.78, 5) is 18.3. The molecule has 2 amide bonds. The maximum absolute atomic E-state index is 13.3. The Morgan fingerprint density at radius 1 is 1.09 bits per heavy atom. The van der Waals surface area contributed by atoms with E-state index in [0.29, 0.717) is 36.8 Å². The van der Waals surface area contributed by atoms with Crippen molar-refractivity contribution in [3.8, 4) is 11.5 Å². The van der Waals surface area contributed by atoms with Crippen molar-refractivity contribution in [2.24, 2.45) is 0 Å². The number of piperidine rings is 1. The topological polar surface area (TPSA) is 83.9 Å². The van der Waals surface area contributed by atoms with Crippen LogP contribution in [0.4, 0.5) is 14.9 Å². The van der Waals surface area contributed by atoms with E-state index in [9.17, 15) is 9.18 Å². The van der Waals surface area contributed by atoms with Gasteiger partial charge in [-0.25, -0.2) is 9.18 Å². The number of benzene rings is 2. The Labute approximate surface area is 191 Å². The highest BCUT2D eigenvalue weighted by Crippen LogP contribution is 2.23. The minimum absolute atomic E-state index is 0.0265. The number of urea groups is 1. The number of nitrogens with zero attached hydrogens (tertiary/aromatic N) is 2. The number of pyridine rings is 1. The second-order valence-electron chi connectivity index (χ2n) is 7.82. The molecule has 172 valence electrons. The normalized spacial score (nSPS) is 14.1. The van der Waals surface area contributed by atoms with Crippen molar-refractivity contribution in [2.45, 2.75) is 32.2 Å². The van der Waals surface area contributed by atoms with Crippen molar-refractivity contribution < 1.29 is 23.8 Å². The van der Waals surface area contributed by atoms with Gasteiger partial charge in [0.05, 0.1) is 24.2 Å². The molecular formula is C25H26FN3O4. The second-order valence-corrected chi connectivity index (χ2v) is 7.82. The molecule has 0 atom stereocenters. The summed E-state index contributed by atoms with van der Waals surface area (Å²) in [7, 11) is 0. The number of carbonyl (C=O) groups excluding carboxylic acids is 1. The molecule has 1 fully saturated rings. The lowest BCUT2D eigenvalue weighted by Gasteiger charge is -2.32. The van der Waals surface area contributed by atoms with E-state index in [0.717, 1.165) is 24.2 Å². The SMILES string of the molecule is O=C(Nc1ccc(CO)nc1)N1CCC(Oc2ccc(OCc3cccc(F)c3)cc2)CC1. The lowest BCUT2D eigenvalue weighted by atomic mass is 10.1. The molecule has 8 heteroatoms. The number of ether oxygens (including phenoxy) is 2. The molecule has 0 unspecified atom stereocenters. The minimum atomic E-state index is -0.280. The number of hydrogen-bond donors (Lipinski definition) is 2. The number of aliphatic hydroxyl groups excluding tert-OH is 1. The number of anilines is 1. The number of aromatic nitrogens is 1. The monoisotopic (exact) mass is 451 g/mol. The lowest BCUT2D eigenvalue weighted by molar-refractivity contribution is 0.115. The van der Waals surface area contributed by atoms with Crippen molar-refractivity contribution in [2.75, 3.05) is 18.4 Å². The van der Waals surface area contributed by atoms with Gasteiger partial charge >= 0.3 is 6.03 Å². The predicted octanol–water partition coefficient (Wildman–Crippen LogP) is 4.37. The van der Waals surface area contributed by atoms with Crippen LogP contribution in [0, 0.1) is 5.82 Å². The molecule has 2 N–H and O–H groups in total. The van der Waals surface area contributed by atoms with E-state index < -0.39 is 0 Å². The van der Waals surface area contributed by atoms with E-state index in [2.05, 4.69) is 10.3 Å². The summed E-state index contributed by atoms with van der Waals surface area (Å²) in [5.41, 5.74) is 1.91. The zero-order valence-corrected chi connectivity index (χ0v) is 18.1. The van der Waals surface area contributed by atoms with Crippen molar-refractivity contribution in [3.05, 3.63) is 83.9 Å². The smallest absolute Gasteiger partial charge is 0.321 e. The van der Waals surface area contributed by atoms with Crippen LogP contribution >= 0.6 is 0 Å². The van der Waals surface area contributed by atoms with Gasteiger partial charge in [-0.2, -0.15) is 0 Å². The van der Waals surface area contributed by atoms with Crippen LogP contribution in [0.1, 0.15) is 24.1 Å². The van der Waals surface area contributed by atoms with Crippen LogP contribution in [0.2, 0.25) is 0 Å². The summed E-state index contributed by atoms with van der Waals surface area (Å²) < 4.78 is 25.0. The third-order valence-electron chi connectivity index (χ3n) is 5.39. The maximum Gasteiger partial charge on any atom is 0.321 e. The highest BCUT2D eigenvalue weighted by atomic mass is 19.1. The van der Waals surface area contributed by atoms with Gasteiger partial charge in [0.15, 0.2) is 0 Å². The molecular weight excluding hydrogens is 425 g/mol. The Balaban J connectivity index is 1.21. The summed E-state index contributed by atoms with van der Waals surface area (Å²) in [6.45, 7) is 1.34. The molecule has 2 aromatic carbocycles.